The van der Waals surface area contributed by atoms with Crippen molar-refractivity contribution in [1.29, 1.82) is 0 Å². The maximum absolute atomic E-state index is 12.3. The Balaban J connectivity index is 1.45. The number of rotatable bonds is 6. The highest BCUT2D eigenvalue weighted by molar-refractivity contribution is 7.88. The SMILES string of the molecule is O=S(=O)(Cc1noc2ccccc12)NCc1ccc(-c2ccsc2)o1. The maximum atomic E-state index is 12.3. The number of aromatic nitrogens is 1. The highest BCUT2D eigenvalue weighted by Crippen LogP contribution is 2.24. The smallest absolute Gasteiger partial charge is 0.217 e. The number of hydrogen-bond donors (Lipinski definition) is 1. The van der Waals surface area contributed by atoms with Crippen molar-refractivity contribution in [2.45, 2.75) is 12.3 Å². The Bertz CT molecular complexity index is 1090. The first-order valence-corrected chi connectivity index (χ1v) is 10.1. The molecule has 1 N–H and O–H groups in total. The summed E-state index contributed by atoms with van der Waals surface area (Å²) in [4.78, 5) is 0. The molecule has 0 amide bonds. The van der Waals surface area contributed by atoms with Gasteiger partial charge in [0, 0.05) is 16.3 Å². The van der Waals surface area contributed by atoms with Crippen LogP contribution in [-0.4, -0.2) is 13.6 Å². The molecule has 0 aliphatic heterocycles. The highest BCUT2D eigenvalue weighted by Gasteiger charge is 2.18. The molecule has 0 spiro atoms. The van der Waals surface area contributed by atoms with Crippen LogP contribution in [0.1, 0.15) is 11.5 Å². The van der Waals surface area contributed by atoms with Crippen LogP contribution in [0.5, 0.6) is 0 Å². The molecule has 0 aliphatic rings. The molecule has 3 aromatic heterocycles. The first kappa shape index (κ1) is 16.1. The van der Waals surface area contributed by atoms with Gasteiger partial charge in [-0.3, -0.25) is 0 Å². The minimum atomic E-state index is -3.57. The van der Waals surface area contributed by atoms with Gasteiger partial charge in [0.2, 0.25) is 10.0 Å². The highest BCUT2D eigenvalue weighted by atomic mass is 32.2. The van der Waals surface area contributed by atoms with Gasteiger partial charge in [0.1, 0.15) is 23.0 Å². The number of nitrogens with one attached hydrogen (secondary N) is 1. The van der Waals surface area contributed by atoms with E-state index in [-0.39, 0.29) is 12.3 Å². The lowest BCUT2D eigenvalue weighted by Gasteiger charge is -2.03. The van der Waals surface area contributed by atoms with E-state index in [2.05, 4.69) is 9.88 Å². The van der Waals surface area contributed by atoms with Crippen molar-refractivity contribution in [2.75, 3.05) is 0 Å². The molecule has 3 heterocycles. The third kappa shape index (κ3) is 3.51. The predicted octanol–water partition coefficient (Wildman–Crippen LogP) is 3.77. The second-order valence-corrected chi connectivity index (χ2v) is 8.07. The van der Waals surface area contributed by atoms with E-state index >= 15 is 0 Å². The van der Waals surface area contributed by atoms with E-state index in [1.54, 1.807) is 29.5 Å². The van der Waals surface area contributed by atoms with Crippen LogP contribution in [0.2, 0.25) is 0 Å². The largest absolute Gasteiger partial charge is 0.460 e. The van der Waals surface area contributed by atoms with Gasteiger partial charge in [-0.2, -0.15) is 11.3 Å². The van der Waals surface area contributed by atoms with E-state index in [1.165, 1.54) is 0 Å². The molecule has 25 heavy (non-hydrogen) atoms. The van der Waals surface area contributed by atoms with Crippen molar-refractivity contribution in [3.05, 3.63) is 64.7 Å². The quantitative estimate of drug-likeness (QED) is 0.555. The van der Waals surface area contributed by atoms with Gasteiger partial charge < -0.3 is 8.94 Å². The van der Waals surface area contributed by atoms with Crippen molar-refractivity contribution < 1.29 is 17.4 Å². The van der Waals surface area contributed by atoms with Crippen molar-refractivity contribution in [3.63, 3.8) is 0 Å². The summed E-state index contributed by atoms with van der Waals surface area (Å²) in [5.74, 6) is 1.02. The van der Waals surface area contributed by atoms with Gasteiger partial charge in [0.25, 0.3) is 0 Å². The number of hydrogen-bond acceptors (Lipinski definition) is 6. The fourth-order valence-electron chi connectivity index (χ4n) is 2.49. The zero-order chi connectivity index (χ0) is 17.3. The summed E-state index contributed by atoms with van der Waals surface area (Å²) in [7, 11) is -3.57. The van der Waals surface area contributed by atoms with Gasteiger partial charge >= 0.3 is 0 Å². The Morgan fingerprint density at radius 3 is 2.84 bits per heavy atom. The molecule has 4 aromatic rings. The van der Waals surface area contributed by atoms with Crippen LogP contribution < -0.4 is 4.72 Å². The van der Waals surface area contributed by atoms with Gasteiger partial charge in [-0.05, 0) is 35.7 Å². The minimum Gasteiger partial charge on any atom is -0.460 e. The van der Waals surface area contributed by atoms with Crippen molar-refractivity contribution >= 4 is 32.3 Å². The summed E-state index contributed by atoms with van der Waals surface area (Å²) in [5, 5.41) is 8.49. The van der Waals surface area contributed by atoms with Gasteiger partial charge in [-0.15, -0.1) is 0 Å². The van der Waals surface area contributed by atoms with E-state index in [0.29, 0.717) is 22.4 Å². The average molecular weight is 374 g/mol. The molecule has 0 bridgehead atoms. The van der Waals surface area contributed by atoms with Crippen LogP contribution in [0.25, 0.3) is 22.3 Å². The lowest BCUT2D eigenvalue weighted by Crippen LogP contribution is -2.24. The molecule has 0 aliphatic carbocycles. The molecule has 0 saturated heterocycles. The second-order valence-electron chi connectivity index (χ2n) is 5.48. The second kappa shape index (κ2) is 6.47. The normalized spacial score (nSPS) is 12.0. The average Bonchev–Trinajstić information content (AvgIpc) is 3.34. The van der Waals surface area contributed by atoms with Crippen LogP contribution in [0.15, 0.2) is 62.2 Å². The van der Waals surface area contributed by atoms with Crippen molar-refractivity contribution in [1.82, 2.24) is 9.88 Å². The first-order valence-electron chi connectivity index (χ1n) is 7.53. The monoisotopic (exact) mass is 374 g/mol. The zero-order valence-corrected chi connectivity index (χ0v) is 14.6. The zero-order valence-electron chi connectivity index (χ0n) is 13.0. The molecule has 6 nitrogen and oxygen atoms in total. The summed E-state index contributed by atoms with van der Waals surface area (Å²) >= 11 is 1.58. The Labute approximate surface area is 148 Å². The molecule has 4 rings (SSSR count). The number of sulfonamides is 1. The summed E-state index contributed by atoms with van der Waals surface area (Å²) in [6.45, 7) is 0.0856. The van der Waals surface area contributed by atoms with Gasteiger partial charge in [0.15, 0.2) is 5.58 Å². The van der Waals surface area contributed by atoms with Crippen molar-refractivity contribution in [3.8, 4) is 11.3 Å². The Hall–Kier alpha value is -2.42. The summed E-state index contributed by atoms with van der Waals surface area (Å²) in [6, 6.07) is 12.7. The molecule has 8 heteroatoms. The molecule has 0 unspecified atom stereocenters. The number of fused-ring (bicyclic) bond motifs is 1. The molecule has 128 valence electrons. The number of nitrogens with zero attached hydrogens (tertiary/aromatic N) is 1. The fourth-order valence-corrected chi connectivity index (χ4v) is 4.16. The Kier molecular flexibility index (Phi) is 4.16. The molecule has 0 saturated carbocycles. The third-order valence-corrected chi connectivity index (χ3v) is 5.63. The van der Waals surface area contributed by atoms with E-state index < -0.39 is 10.0 Å². The van der Waals surface area contributed by atoms with E-state index in [9.17, 15) is 8.42 Å². The predicted molar refractivity (Wildman–Crippen MR) is 95.5 cm³/mol. The molecular formula is C17H14N2O4S2. The van der Waals surface area contributed by atoms with Gasteiger partial charge in [-0.25, -0.2) is 13.1 Å². The van der Waals surface area contributed by atoms with E-state index in [1.807, 2.05) is 35.0 Å². The van der Waals surface area contributed by atoms with Gasteiger partial charge in [-0.1, -0.05) is 17.3 Å². The van der Waals surface area contributed by atoms with Crippen molar-refractivity contribution in [2.24, 2.45) is 0 Å². The summed E-state index contributed by atoms with van der Waals surface area (Å²) in [5.41, 5.74) is 1.94. The van der Waals surface area contributed by atoms with Crippen LogP contribution in [-0.2, 0) is 22.3 Å². The molecular weight excluding hydrogens is 360 g/mol. The Morgan fingerprint density at radius 2 is 2.00 bits per heavy atom. The van der Waals surface area contributed by atoms with Crippen LogP contribution >= 0.6 is 11.3 Å². The minimum absolute atomic E-state index is 0.0856. The number of para-hydroxylation sites is 1. The fraction of sp³-hybridized carbons (Fsp3) is 0.118. The molecule has 1 aromatic carbocycles. The van der Waals surface area contributed by atoms with Gasteiger partial charge in [0.05, 0.1) is 6.54 Å². The van der Waals surface area contributed by atoms with E-state index in [0.717, 1.165) is 11.3 Å². The van der Waals surface area contributed by atoms with Crippen LogP contribution in [0.3, 0.4) is 0 Å². The number of benzene rings is 1. The topological polar surface area (TPSA) is 85.3 Å². The molecule has 0 fully saturated rings. The number of thiophene rings is 1. The van der Waals surface area contributed by atoms with Crippen LogP contribution in [0, 0.1) is 0 Å². The first-order chi connectivity index (χ1) is 12.1. The standard InChI is InChI=1S/C17H14N2O4S2/c20-25(21,11-15-14-3-1-2-4-17(14)23-19-15)18-9-13-5-6-16(22-13)12-7-8-24-10-12/h1-8,10,18H,9,11H2. The summed E-state index contributed by atoms with van der Waals surface area (Å²) < 4.78 is 38.0. The maximum Gasteiger partial charge on any atom is 0.217 e. The number of furan rings is 1. The van der Waals surface area contributed by atoms with Crippen LogP contribution in [0.4, 0.5) is 0 Å². The summed E-state index contributed by atoms with van der Waals surface area (Å²) in [6.07, 6.45) is 0. The molecule has 0 radical (unpaired) electrons. The van der Waals surface area contributed by atoms with E-state index in [4.69, 9.17) is 8.94 Å². The third-order valence-electron chi connectivity index (χ3n) is 3.71. The lowest BCUT2D eigenvalue weighted by molar-refractivity contribution is 0.448. The Morgan fingerprint density at radius 1 is 1.12 bits per heavy atom. The lowest BCUT2D eigenvalue weighted by atomic mass is 10.2. The molecule has 0 atom stereocenters.